The number of anilines is 1. The van der Waals surface area contributed by atoms with Crippen LogP contribution in [-0.4, -0.2) is 49.8 Å². The molecule has 0 atom stereocenters. The highest BCUT2D eigenvalue weighted by Crippen LogP contribution is 2.22. The van der Waals surface area contributed by atoms with Gasteiger partial charge in [-0.3, -0.25) is 18.5 Å². The molecule has 11 heteroatoms. The molecule has 3 aromatic rings. The minimum atomic E-state index is -0.473. The first-order valence-corrected chi connectivity index (χ1v) is 10.5. The molecule has 3 aromatic heterocycles. The Hall–Kier alpha value is -2.80. The fourth-order valence-corrected chi connectivity index (χ4v) is 4.20. The van der Waals surface area contributed by atoms with Gasteiger partial charge in [0.1, 0.15) is 10.3 Å². The van der Waals surface area contributed by atoms with E-state index in [0.29, 0.717) is 29.2 Å². The Morgan fingerprint density at radius 2 is 1.77 bits per heavy atom. The summed E-state index contributed by atoms with van der Waals surface area (Å²) in [6.07, 6.45) is 0. The molecule has 0 bridgehead atoms. The van der Waals surface area contributed by atoms with Crippen molar-refractivity contribution in [1.29, 1.82) is 0 Å². The van der Waals surface area contributed by atoms with Gasteiger partial charge in [-0.2, -0.15) is 4.98 Å². The largest absolute Gasteiger partial charge is 0.340 e. The van der Waals surface area contributed by atoms with Gasteiger partial charge in [0, 0.05) is 33.2 Å². The average Bonchev–Trinajstić information content (AvgIpc) is 3.13. The molecule has 1 fully saturated rings. The summed E-state index contributed by atoms with van der Waals surface area (Å²) in [5.41, 5.74) is 0.445. The van der Waals surface area contributed by atoms with E-state index in [9.17, 15) is 9.59 Å². The molecule has 0 radical (unpaired) electrons. The molecule has 1 aliphatic heterocycles. The summed E-state index contributed by atoms with van der Waals surface area (Å²) in [6, 6.07) is 3.27. The number of hydrogen-bond donors (Lipinski definition) is 1. The van der Waals surface area contributed by atoms with Crippen molar-refractivity contribution in [3.8, 4) is 11.8 Å². The molecule has 0 unspecified atom stereocenters. The van der Waals surface area contributed by atoms with E-state index in [4.69, 9.17) is 28.2 Å². The molecular formula is C20H21Cl2N7O2. The van der Waals surface area contributed by atoms with Crippen LogP contribution in [0.5, 0.6) is 0 Å². The number of fused-ring (bicyclic) bond motifs is 1. The third kappa shape index (κ3) is 4.06. The molecule has 1 N–H and O–H groups in total. The molecule has 0 aliphatic carbocycles. The number of aromatic nitrogens is 5. The summed E-state index contributed by atoms with van der Waals surface area (Å²) < 4.78 is 4.34. The van der Waals surface area contributed by atoms with Crippen molar-refractivity contribution in [1.82, 2.24) is 29.0 Å². The minimum absolute atomic E-state index is 0.142. The van der Waals surface area contributed by atoms with Crippen molar-refractivity contribution in [2.75, 3.05) is 31.1 Å². The fourth-order valence-electron chi connectivity index (χ4n) is 3.69. The SMILES string of the molecule is CC#CCn1c(N2CCNCC2)nc2c1c(=O)n(C)c(=O)n2Cc1cc(Cl)nc(Cl)c1. The van der Waals surface area contributed by atoms with Crippen molar-refractivity contribution in [3.63, 3.8) is 0 Å². The van der Waals surface area contributed by atoms with Crippen molar-refractivity contribution >= 4 is 40.3 Å². The Kier molecular flexibility index (Phi) is 6.05. The Balaban J connectivity index is 1.97. The number of nitrogens with one attached hydrogen (secondary N) is 1. The van der Waals surface area contributed by atoms with E-state index in [2.05, 4.69) is 27.0 Å². The quantitative estimate of drug-likeness (QED) is 0.461. The lowest BCUT2D eigenvalue weighted by molar-refractivity contribution is 0.572. The van der Waals surface area contributed by atoms with Crippen molar-refractivity contribution in [2.45, 2.75) is 20.0 Å². The van der Waals surface area contributed by atoms with Crippen LogP contribution in [0.15, 0.2) is 21.7 Å². The van der Waals surface area contributed by atoms with Gasteiger partial charge in [-0.25, -0.2) is 9.78 Å². The monoisotopic (exact) mass is 461 g/mol. The molecule has 4 heterocycles. The molecule has 0 spiro atoms. The van der Waals surface area contributed by atoms with Gasteiger partial charge in [0.15, 0.2) is 11.2 Å². The fraction of sp³-hybridized carbons (Fsp3) is 0.400. The second-order valence-electron chi connectivity index (χ2n) is 7.19. The van der Waals surface area contributed by atoms with Crippen LogP contribution in [0.25, 0.3) is 11.2 Å². The van der Waals surface area contributed by atoms with E-state index in [1.807, 2.05) is 0 Å². The number of hydrogen-bond acceptors (Lipinski definition) is 6. The number of nitrogens with zero attached hydrogens (tertiary/aromatic N) is 6. The third-order valence-corrected chi connectivity index (χ3v) is 5.57. The lowest BCUT2D eigenvalue weighted by atomic mass is 10.2. The normalized spacial score (nSPS) is 14.0. The lowest BCUT2D eigenvalue weighted by Crippen LogP contribution is -2.44. The molecule has 0 amide bonds. The molecule has 162 valence electrons. The van der Waals surface area contributed by atoms with Crippen LogP contribution in [-0.2, 0) is 20.1 Å². The van der Waals surface area contributed by atoms with Gasteiger partial charge in [-0.15, -0.1) is 5.92 Å². The molecule has 0 saturated carbocycles. The third-order valence-electron chi connectivity index (χ3n) is 5.19. The van der Waals surface area contributed by atoms with Gasteiger partial charge in [-0.1, -0.05) is 29.1 Å². The second kappa shape index (κ2) is 8.75. The highest BCUT2D eigenvalue weighted by Gasteiger charge is 2.24. The summed E-state index contributed by atoms with van der Waals surface area (Å²) in [5, 5.41) is 3.75. The predicted molar refractivity (Wildman–Crippen MR) is 121 cm³/mol. The zero-order valence-electron chi connectivity index (χ0n) is 17.2. The maximum atomic E-state index is 13.1. The van der Waals surface area contributed by atoms with Gasteiger partial charge >= 0.3 is 5.69 Å². The average molecular weight is 462 g/mol. The zero-order chi connectivity index (χ0) is 22.1. The van der Waals surface area contributed by atoms with Crippen molar-refractivity contribution < 1.29 is 0 Å². The topological polar surface area (TPSA) is 90.0 Å². The zero-order valence-corrected chi connectivity index (χ0v) is 18.7. The Labute approximate surface area is 188 Å². The van der Waals surface area contributed by atoms with Crippen LogP contribution >= 0.6 is 23.2 Å². The first-order valence-electron chi connectivity index (χ1n) is 9.78. The van der Waals surface area contributed by atoms with Crippen LogP contribution in [0, 0.1) is 11.8 Å². The van der Waals surface area contributed by atoms with E-state index in [0.717, 1.165) is 30.7 Å². The summed E-state index contributed by atoms with van der Waals surface area (Å²) in [4.78, 5) is 36.9. The number of imidazole rings is 1. The molecule has 9 nitrogen and oxygen atoms in total. The highest BCUT2D eigenvalue weighted by molar-refractivity contribution is 6.32. The van der Waals surface area contributed by atoms with Gasteiger partial charge in [0.2, 0.25) is 5.95 Å². The number of piperazine rings is 1. The number of rotatable bonds is 4. The molecular weight excluding hydrogens is 441 g/mol. The smallest absolute Gasteiger partial charge is 0.332 e. The Bertz CT molecular complexity index is 1300. The number of halogens is 2. The standard InChI is InChI=1S/C20H21Cl2N7O2/c1-3-4-7-28-16-17(25-19(28)27-8-5-23-6-9-27)29(20(31)26(2)18(16)30)12-13-10-14(21)24-15(22)11-13/h10-11,23H,5-9,12H2,1-2H3. The molecule has 0 aromatic carbocycles. The van der Waals surface area contributed by atoms with Gasteiger partial charge in [-0.05, 0) is 24.6 Å². The van der Waals surface area contributed by atoms with Crippen LogP contribution in [0.2, 0.25) is 10.3 Å². The van der Waals surface area contributed by atoms with Crippen LogP contribution in [0.1, 0.15) is 12.5 Å². The molecule has 1 saturated heterocycles. The molecule has 1 aliphatic rings. The van der Waals surface area contributed by atoms with Crippen molar-refractivity contribution in [3.05, 3.63) is 48.8 Å². The van der Waals surface area contributed by atoms with Crippen LogP contribution in [0.4, 0.5) is 5.95 Å². The predicted octanol–water partition coefficient (Wildman–Crippen LogP) is 1.08. The second-order valence-corrected chi connectivity index (χ2v) is 7.96. The maximum absolute atomic E-state index is 13.1. The molecule has 31 heavy (non-hydrogen) atoms. The van der Waals surface area contributed by atoms with Gasteiger partial charge in [0.25, 0.3) is 5.56 Å². The van der Waals surface area contributed by atoms with E-state index in [1.165, 1.54) is 11.6 Å². The maximum Gasteiger partial charge on any atom is 0.332 e. The highest BCUT2D eigenvalue weighted by atomic mass is 35.5. The summed E-state index contributed by atoms with van der Waals surface area (Å²) in [5.74, 6) is 6.52. The van der Waals surface area contributed by atoms with E-state index in [1.54, 1.807) is 23.6 Å². The van der Waals surface area contributed by atoms with Gasteiger partial charge < -0.3 is 10.2 Å². The van der Waals surface area contributed by atoms with E-state index >= 15 is 0 Å². The van der Waals surface area contributed by atoms with E-state index in [-0.39, 0.29) is 16.9 Å². The minimum Gasteiger partial charge on any atom is -0.340 e. The first-order chi connectivity index (χ1) is 14.9. The number of pyridine rings is 1. The van der Waals surface area contributed by atoms with Crippen LogP contribution < -0.4 is 21.5 Å². The van der Waals surface area contributed by atoms with Gasteiger partial charge in [0.05, 0.1) is 13.1 Å². The summed E-state index contributed by atoms with van der Waals surface area (Å²) in [7, 11) is 1.46. The Morgan fingerprint density at radius 1 is 1.10 bits per heavy atom. The summed E-state index contributed by atoms with van der Waals surface area (Å²) in [6.45, 7) is 5.28. The molecule has 4 rings (SSSR count). The Morgan fingerprint density at radius 3 is 2.42 bits per heavy atom. The van der Waals surface area contributed by atoms with Crippen LogP contribution in [0.3, 0.4) is 0 Å². The van der Waals surface area contributed by atoms with E-state index < -0.39 is 11.2 Å². The lowest BCUT2D eigenvalue weighted by Gasteiger charge is -2.28. The van der Waals surface area contributed by atoms with Crippen molar-refractivity contribution in [2.24, 2.45) is 7.05 Å². The first kappa shape index (κ1) is 21.4. The summed E-state index contributed by atoms with van der Waals surface area (Å²) >= 11 is 12.1.